The van der Waals surface area contributed by atoms with Crippen LogP contribution in [-0.4, -0.2) is 39.5 Å². The van der Waals surface area contributed by atoms with Crippen LogP contribution < -0.4 is 14.3 Å². The van der Waals surface area contributed by atoms with E-state index in [9.17, 15) is 0 Å². The summed E-state index contributed by atoms with van der Waals surface area (Å²) in [6.07, 6.45) is 8.38. The summed E-state index contributed by atoms with van der Waals surface area (Å²) in [7, 11) is 0. The van der Waals surface area contributed by atoms with Crippen molar-refractivity contribution in [1.29, 1.82) is 0 Å². The van der Waals surface area contributed by atoms with Crippen LogP contribution in [0.15, 0.2) is 121 Å². The molecule has 0 nitrogen and oxygen atoms in total. The third kappa shape index (κ3) is 8.02. The normalized spacial score (nSPS) is 11.2. The van der Waals surface area contributed by atoms with Crippen LogP contribution in [0.5, 0.6) is 0 Å². The molecular formula is C32H36Sn2. The molecule has 34 heavy (non-hydrogen) atoms. The minimum absolute atomic E-state index is 1.40. The van der Waals surface area contributed by atoms with Gasteiger partial charge in [0, 0.05) is 0 Å². The fourth-order valence-corrected chi connectivity index (χ4v) is 20.2. The van der Waals surface area contributed by atoms with Crippen LogP contribution in [0.1, 0.15) is 38.5 Å². The van der Waals surface area contributed by atoms with E-state index in [4.69, 9.17) is 0 Å². The van der Waals surface area contributed by atoms with Gasteiger partial charge in [0.25, 0.3) is 0 Å². The van der Waals surface area contributed by atoms with E-state index in [0.29, 0.717) is 0 Å². The number of hydrogen-bond acceptors (Lipinski definition) is 0. The Labute approximate surface area is 220 Å². The monoisotopic (exact) mass is 660 g/mol. The van der Waals surface area contributed by atoms with Gasteiger partial charge in [-0.2, -0.15) is 0 Å². The summed E-state index contributed by atoms with van der Waals surface area (Å²) in [6, 6.07) is 45.4. The summed E-state index contributed by atoms with van der Waals surface area (Å²) in [5.41, 5.74) is 0. The maximum absolute atomic E-state index is 2.38. The Balaban J connectivity index is 1.21. The molecule has 0 bridgehead atoms. The van der Waals surface area contributed by atoms with Crippen molar-refractivity contribution in [2.24, 2.45) is 0 Å². The fraction of sp³-hybridized carbons (Fsp3) is 0.250. The molecule has 0 heterocycles. The minimum atomic E-state index is -1.76. The van der Waals surface area contributed by atoms with E-state index in [-0.39, 0.29) is 0 Å². The zero-order valence-corrected chi connectivity index (χ0v) is 25.9. The van der Waals surface area contributed by atoms with Crippen molar-refractivity contribution in [2.45, 2.75) is 47.4 Å². The maximum atomic E-state index is 2.38. The second-order valence-electron chi connectivity index (χ2n) is 9.04. The number of benzene rings is 4. The van der Waals surface area contributed by atoms with Gasteiger partial charge in [0.05, 0.1) is 0 Å². The summed E-state index contributed by atoms with van der Waals surface area (Å²) in [6.45, 7) is 0. The van der Waals surface area contributed by atoms with Gasteiger partial charge in [-0.25, -0.2) is 0 Å². The van der Waals surface area contributed by atoms with E-state index in [0.717, 1.165) is 0 Å². The summed E-state index contributed by atoms with van der Waals surface area (Å²) in [5, 5.41) is 0. The molecule has 4 rings (SSSR count). The third-order valence-corrected chi connectivity index (χ3v) is 23.2. The van der Waals surface area contributed by atoms with Crippen LogP contribution in [-0.2, 0) is 0 Å². The van der Waals surface area contributed by atoms with E-state index in [1.54, 1.807) is 14.3 Å². The number of rotatable bonds is 13. The molecule has 0 aliphatic rings. The molecule has 0 saturated carbocycles. The van der Waals surface area contributed by atoms with Crippen LogP contribution in [0.25, 0.3) is 0 Å². The van der Waals surface area contributed by atoms with Gasteiger partial charge in [0.2, 0.25) is 0 Å². The Kier molecular flexibility index (Phi) is 11.1. The SMILES string of the molecule is c1cc[c]([Sn]([CH2]CCCCCC[CH2][Sn]([c]2ccccc2)[c]2ccccc2)[c]2ccccc2)cc1. The van der Waals surface area contributed by atoms with Crippen molar-refractivity contribution in [3.63, 3.8) is 0 Å². The topological polar surface area (TPSA) is 0 Å². The predicted molar refractivity (Wildman–Crippen MR) is 153 cm³/mol. The van der Waals surface area contributed by atoms with Crippen LogP contribution in [0.2, 0.25) is 8.87 Å². The third-order valence-electron chi connectivity index (χ3n) is 6.59. The molecule has 2 heteroatoms. The average Bonchev–Trinajstić information content (AvgIpc) is 2.92. The molecule has 4 aromatic rings. The molecule has 0 atom stereocenters. The van der Waals surface area contributed by atoms with Gasteiger partial charge in [0.1, 0.15) is 0 Å². The van der Waals surface area contributed by atoms with Gasteiger partial charge in [-0.05, 0) is 0 Å². The molecule has 0 amide bonds. The molecule has 0 saturated heterocycles. The molecule has 2 radical (unpaired) electrons. The Morgan fingerprint density at radius 1 is 0.294 bits per heavy atom. The zero-order valence-electron chi connectivity index (χ0n) is 20.2. The second-order valence-corrected chi connectivity index (χ2v) is 24.0. The van der Waals surface area contributed by atoms with Crippen molar-refractivity contribution in [1.82, 2.24) is 0 Å². The van der Waals surface area contributed by atoms with Gasteiger partial charge in [-0.1, -0.05) is 0 Å². The molecule has 0 fully saturated rings. The average molecular weight is 658 g/mol. The summed E-state index contributed by atoms with van der Waals surface area (Å²) in [5.74, 6) is 0. The first-order valence-corrected chi connectivity index (χ1v) is 22.6. The number of hydrogen-bond donors (Lipinski definition) is 0. The van der Waals surface area contributed by atoms with Gasteiger partial charge < -0.3 is 0 Å². The molecule has 0 spiro atoms. The van der Waals surface area contributed by atoms with Crippen LogP contribution in [0.3, 0.4) is 0 Å². The summed E-state index contributed by atoms with van der Waals surface area (Å²) < 4.78 is 9.48. The standard InChI is InChI=1S/C8H16.4C6H5.2Sn/c1-3-5-7-8-6-4-2;4*1-2-4-6-5-3-1;;/h1-8H2;4*1-5H;;. The molecule has 0 N–H and O–H groups in total. The zero-order chi connectivity index (χ0) is 23.3. The van der Waals surface area contributed by atoms with Crippen LogP contribution in [0.4, 0.5) is 0 Å². The Morgan fingerprint density at radius 2 is 0.529 bits per heavy atom. The first kappa shape index (κ1) is 25.6. The van der Waals surface area contributed by atoms with Crippen molar-refractivity contribution < 1.29 is 0 Å². The second kappa shape index (κ2) is 14.8. The first-order chi connectivity index (χ1) is 16.9. The van der Waals surface area contributed by atoms with Gasteiger partial charge in [-0.3, -0.25) is 0 Å². The van der Waals surface area contributed by atoms with Crippen LogP contribution >= 0.6 is 0 Å². The van der Waals surface area contributed by atoms with Gasteiger partial charge >= 0.3 is 223 Å². The Bertz CT molecular complexity index is 881. The molecule has 0 aliphatic carbocycles. The van der Waals surface area contributed by atoms with E-state index in [1.165, 1.54) is 47.4 Å². The summed E-state index contributed by atoms with van der Waals surface area (Å²) >= 11 is -3.52. The predicted octanol–water partition coefficient (Wildman–Crippen LogP) is 5.95. The molecule has 0 unspecified atom stereocenters. The number of unbranched alkanes of at least 4 members (excludes halogenated alkanes) is 5. The van der Waals surface area contributed by atoms with Crippen molar-refractivity contribution >= 4 is 53.8 Å². The van der Waals surface area contributed by atoms with Gasteiger partial charge in [0.15, 0.2) is 0 Å². The Hall–Kier alpha value is -1.52. The fourth-order valence-electron chi connectivity index (χ4n) is 4.78. The van der Waals surface area contributed by atoms with Crippen LogP contribution in [0, 0.1) is 0 Å². The molecule has 4 aromatic carbocycles. The molecule has 0 aromatic heterocycles. The van der Waals surface area contributed by atoms with Crippen molar-refractivity contribution in [2.75, 3.05) is 0 Å². The Morgan fingerprint density at radius 3 is 0.794 bits per heavy atom. The van der Waals surface area contributed by atoms with E-state index >= 15 is 0 Å². The quantitative estimate of drug-likeness (QED) is 0.123. The van der Waals surface area contributed by atoms with E-state index in [1.807, 2.05) is 0 Å². The van der Waals surface area contributed by atoms with E-state index < -0.39 is 39.5 Å². The van der Waals surface area contributed by atoms with Crippen molar-refractivity contribution in [3.05, 3.63) is 121 Å². The molecule has 0 aliphatic heterocycles. The molecule has 172 valence electrons. The van der Waals surface area contributed by atoms with Crippen molar-refractivity contribution in [3.8, 4) is 0 Å². The van der Waals surface area contributed by atoms with E-state index in [2.05, 4.69) is 121 Å². The molecular weight excluding hydrogens is 622 g/mol. The summed E-state index contributed by atoms with van der Waals surface area (Å²) in [4.78, 5) is 0. The van der Waals surface area contributed by atoms with Gasteiger partial charge in [-0.15, -0.1) is 0 Å². The first-order valence-electron chi connectivity index (χ1n) is 12.8.